The zero-order chi connectivity index (χ0) is 15.5. The number of aliphatic carboxylic acids is 1. The smallest absolute Gasteiger partial charge is 0.376 e. The first kappa shape index (κ1) is 15.2. The van der Waals surface area contributed by atoms with Crippen LogP contribution in [0.1, 0.15) is 5.56 Å². The van der Waals surface area contributed by atoms with Gasteiger partial charge in [0.15, 0.2) is 9.84 Å². The van der Waals surface area contributed by atoms with Gasteiger partial charge in [0.1, 0.15) is 0 Å². The van der Waals surface area contributed by atoms with Crippen LogP contribution >= 0.6 is 0 Å². The second-order valence-electron chi connectivity index (χ2n) is 4.73. The predicted octanol–water partition coefficient (Wildman–Crippen LogP) is 0.588. The number of rotatable bonds is 4. The summed E-state index contributed by atoms with van der Waals surface area (Å²) in [5.74, 6) is -2.15. The molecule has 0 aliphatic carbocycles. The zero-order valence-corrected chi connectivity index (χ0v) is 12.0. The molecular weight excluding hydrogens is 294 g/mol. The molecule has 0 aromatic heterocycles. The van der Waals surface area contributed by atoms with E-state index in [1.165, 1.54) is 6.08 Å². The van der Waals surface area contributed by atoms with Crippen molar-refractivity contribution in [2.45, 2.75) is 0 Å². The molecule has 1 aliphatic rings. The van der Waals surface area contributed by atoms with Crippen LogP contribution in [0.25, 0.3) is 6.08 Å². The maximum Gasteiger partial charge on any atom is 0.376 e. The van der Waals surface area contributed by atoms with Crippen LogP contribution in [0.15, 0.2) is 30.3 Å². The van der Waals surface area contributed by atoms with Gasteiger partial charge in [-0.25, -0.2) is 13.2 Å². The number of anilines is 1. The van der Waals surface area contributed by atoms with Crippen molar-refractivity contribution in [1.29, 1.82) is 0 Å². The van der Waals surface area contributed by atoms with Crippen LogP contribution in [0.5, 0.6) is 0 Å². The van der Waals surface area contributed by atoms with Gasteiger partial charge in [-0.1, -0.05) is 18.2 Å². The number of carboxylic acid groups (broad SMARTS) is 1. The Morgan fingerprint density at radius 2 is 1.67 bits per heavy atom. The molecule has 6 nitrogen and oxygen atoms in total. The molecule has 1 saturated heterocycles. The summed E-state index contributed by atoms with van der Waals surface area (Å²) < 4.78 is 22.7. The summed E-state index contributed by atoms with van der Waals surface area (Å²) in [4.78, 5) is 23.3. The van der Waals surface area contributed by atoms with Crippen LogP contribution in [-0.2, 0) is 19.4 Å². The molecule has 1 aromatic rings. The Labute approximate surface area is 122 Å². The lowest BCUT2D eigenvalue weighted by Crippen LogP contribution is -2.40. The molecule has 0 bridgehead atoms. The molecule has 1 aliphatic heterocycles. The summed E-state index contributed by atoms with van der Waals surface area (Å²) in [7, 11) is -2.90. The predicted molar refractivity (Wildman–Crippen MR) is 79.0 cm³/mol. The van der Waals surface area contributed by atoms with E-state index < -0.39 is 21.6 Å². The summed E-state index contributed by atoms with van der Waals surface area (Å²) >= 11 is 0. The van der Waals surface area contributed by atoms with Crippen LogP contribution in [-0.4, -0.2) is 49.9 Å². The lowest BCUT2D eigenvalue weighted by atomic mass is 10.1. The average molecular weight is 309 g/mol. The average Bonchev–Trinajstić information content (AvgIpc) is 2.45. The fourth-order valence-electron chi connectivity index (χ4n) is 2.01. The van der Waals surface area contributed by atoms with Crippen LogP contribution in [0.2, 0.25) is 0 Å². The molecule has 0 spiro atoms. The molecule has 0 atom stereocenters. The number of nitrogens with zero attached hydrogens (tertiary/aromatic N) is 1. The number of hydrogen-bond acceptors (Lipinski definition) is 5. The lowest BCUT2D eigenvalue weighted by molar-refractivity contribution is -0.146. The van der Waals surface area contributed by atoms with Crippen molar-refractivity contribution in [3.8, 4) is 0 Å². The zero-order valence-electron chi connectivity index (χ0n) is 11.2. The molecule has 21 heavy (non-hydrogen) atoms. The van der Waals surface area contributed by atoms with E-state index in [9.17, 15) is 18.0 Å². The van der Waals surface area contributed by atoms with Crippen LogP contribution in [0, 0.1) is 0 Å². The van der Waals surface area contributed by atoms with Gasteiger partial charge >= 0.3 is 5.97 Å². The van der Waals surface area contributed by atoms with E-state index >= 15 is 0 Å². The highest BCUT2D eigenvalue weighted by Crippen LogP contribution is 2.18. The summed E-state index contributed by atoms with van der Waals surface area (Å²) in [5, 5.41) is 8.46. The van der Waals surface area contributed by atoms with Gasteiger partial charge in [0.05, 0.1) is 11.5 Å². The molecule has 0 amide bonds. The minimum Gasteiger partial charge on any atom is -0.475 e. The molecule has 7 heteroatoms. The Hall–Kier alpha value is -2.15. The third-order valence-electron chi connectivity index (χ3n) is 3.24. The van der Waals surface area contributed by atoms with E-state index in [1.807, 2.05) is 17.0 Å². The molecule has 1 heterocycles. The monoisotopic (exact) mass is 309 g/mol. The standard InChI is InChI=1S/C14H15NO5S/c16-13(14(17)18)6-3-11-1-4-12(5-2-11)15-7-9-21(19,20)10-8-15/h1-6H,7-10H2,(H,17,18). The minimum atomic E-state index is -2.90. The number of hydrogen-bond donors (Lipinski definition) is 1. The molecule has 0 radical (unpaired) electrons. The van der Waals surface area contributed by atoms with Gasteiger partial charge in [-0.2, -0.15) is 0 Å². The van der Waals surface area contributed by atoms with Crippen molar-refractivity contribution in [2.24, 2.45) is 0 Å². The third-order valence-corrected chi connectivity index (χ3v) is 4.85. The highest BCUT2D eigenvalue weighted by molar-refractivity contribution is 7.91. The van der Waals surface area contributed by atoms with Gasteiger partial charge in [0.2, 0.25) is 0 Å². The summed E-state index contributed by atoms with van der Waals surface area (Å²) in [6.45, 7) is 0.935. The molecule has 1 fully saturated rings. The number of carbonyl (C=O) groups excluding carboxylic acids is 1. The van der Waals surface area contributed by atoms with Crippen molar-refractivity contribution in [1.82, 2.24) is 0 Å². The van der Waals surface area contributed by atoms with Gasteiger partial charge in [0, 0.05) is 18.8 Å². The maximum absolute atomic E-state index is 11.4. The van der Waals surface area contributed by atoms with E-state index in [0.29, 0.717) is 18.7 Å². The summed E-state index contributed by atoms with van der Waals surface area (Å²) in [6.07, 6.45) is 2.44. The first-order chi connectivity index (χ1) is 9.87. The number of ketones is 1. The highest BCUT2D eigenvalue weighted by atomic mass is 32.2. The lowest BCUT2D eigenvalue weighted by Gasteiger charge is -2.28. The fourth-order valence-corrected chi connectivity index (χ4v) is 3.21. The quantitative estimate of drug-likeness (QED) is 0.646. The largest absolute Gasteiger partial charge is 0.475 e. The summed E-state index contributed by atoms with van der Waals surface area (Å²) in [5.41, 5.74) is 1.62. The number of benzene rings is 1. The van der Waals surface area contributed by atoms with Crippen LogP contribution in [0.3, 0.4) is 0 Å². The first-order valence-corrected chi connectivity index (χ1v) is 8.20. The van der Waals surface area contributed by atoms with E-state index in [0.717, 1.165) is 11.8 Å². The molecular formula is C14H15NO5S. The third kappa shape index (κ3) is 4.16. The van der Waals surface area contributed by atoms with Crippen LogP contribution < -0.4 is 4.90 Å². The van der Waals surface area contributed by atoms with Crippen molar-refractivity contribution >= 4 is 33.4 Å². The van der Waals surface area contributed by atoms with E-state index in [-0.39, 0.29) is 11.5 Å². The second-order valence-corrected chi connectivity index (χ2v) is 7.04. The minimum absolute atomic E-state index is 0.155. The summed E-state index contributed by atoms with van der Waals surface area (Å²) in [6, 6.07) is 7.15. The Morgan fingerprint density at radius 3 is 2.19 bits per heavy atom. The second kappa shape index (κ2) is 6.09. The van der Waals surface area contributed by atoms with Gasteiger partial charge in [-0.05, 0) is 23.8 Å². The van der Waals surface area contributed by atoms with Crippen molar-refractivity contribution in [3.05, 3.63) is 35.9 Å². The van der Waals surface area contributed by atoms with Crippen molar-refractivity contribution in [3.63, 3.8) is 0 Å². The maximum atomic E-state index is 11.4. The van der Waals surface area contributed by atoms with E-state index in [2.05, 4.69) is 0 Å². The van der Waals surface area contributed by atoms with Gasteiger partial charge in [0.25, 0.3) is 5.78 Å². The van der Waals surface area contributed by atoms with E-state index in [4.69, 9.17) is 5.11 Å². The first-order valence-electron chi connectivity index (χ1n) is 6.38. The molecule has 1 N–H and O–H groups in total. The SMILES string of the molecule is O=C(O)C(=O)C=Cc1ccc(N2CCS(=O)(=O)CC2)cc1. The molecule has 112 valence electrons. The van der Waals surface area contributed by atoms with Crippen LogP contribution in [0.4, 0.5) is 5.69 Å². The Bertz CT molecular complexity index is 662. The number of carboxylic acids is 1. The Balaban J connectivity index is 2.03. The highest BCUT2D eigenvalue weighted by Gasteiger charge is 2.21. The van der Waals surface area contributed by atoms with E-state index in [1.54, 1.807) is 12.1 Å². The van der Waals surface area contributed by atoms with Gasteiger partial charge in [-0.3, -0.25) is 4.79 Å². The number of carbonyl (C=O) groups is 2. The van der Waals surface area contributed by atoms with Gasteiger partial charge < -0.3 is 10.0 Å². The normalized spacial score (nSPS) is 17.8. The van der Waals surface area contributed by atoms with Crippen molar-refractivity contribution < 1.29 is 23.1 Å². The molecule has 2 rings (SSSR count). The Kier molecular flexibility index (Phi) is 4.42. The van der Waals surface area contributed by atoms with Gasteiger partial charge in [-0.15, -0.1) is 0 Å². The molecule has 1 aromatic carbocycles. The number of sulfone groups is 1. The molecule has 0 saturated carbocycles. The van der Waals surface area contributed by atoms with Crippen molar-refractivity contribution in [2.75, 3.05) is 29.5 Å². The Morgan fingerprint density at radius 1 is 1.10 bits per heavy atom. The molecule has 0 unspecified atom stereocenters. The fraction of sp³-hybridized carbons (Fsp3) is 0.286. The topological polar surface area (TPSA) is 91.8 Å².